The van der Waals surface area contributed by atoms with Crippen LogP contribution in [0.15, 0.2) is 17.5 Å². The second kappa shape index (κ2) is 4.21. The third-order valence-corrected chi connectivity index (χ3v) is 4.22. The number of hydrogen-bond donors (Lipinski definition) is 1. The van der Waals surface area contributed by atoms with E-state index in [1.54, 1.807) is 22.7 Å². The lowest BCUT2D eigenvalue weighted by Gasteiger charge is -1.90. The molecule has 0 bridgehead atoms. The summed E-state index contributed by atoms with van der Waals surface area (Å²) in [6.07, 6.45) is 0.717. The maximum Gasteiger partial charge on any atom is 0.133 e. The SMILES string of the molecule is Cc1nc(-c2cccs2)sc1CCO. The lowest BCUT2D eigenvalue weighted by atomic mass is 10.3. The van der Waals surface area contributed by atoms with Crippen molar-refractivity contribution in [3.05, 3.63) is 28.1 Å². The number of rotatable bonds is 3. The molecule has 0 spiro atoms. The Morgan fingerprint density at radius 1 is 1.50 bits per heavy atom. The molecule has 4 heteroatoms. The first-order chi connectivity index (χ1) is 6.81. The minimum absolute atomic E-state index is 0.201. The summed E-state index contributed by atoms with van der Waals surface area (Å²) in [5.41, 5.74) is 1.05. The van der Waals surface area contributed by atoms with Gasteiger partial charge in [0.1, 0.15) is 5.01 Å². The second-order valence-electron chi connectivity index (χ2n) is 2.98. The fourth-order valence-electron chi connectivity index (χ4n) is 1.27. The molecule has 0 saturated heterocycles. The van der Waals surface area contributed by atoms with E-state index in [1.165, 1.54) is 9.75 Å². The van der Waals surface area contributed by atoms with Crippen LogP contribution in [0, 0.1) is 6.92 Å². The quantitative estimate of drug-likeness (QED) is 0.871. The molecule has 1 N–H and O–H groups in total. The molecule has 0 saturated carbocycles. The van der Waals surface area contributed by atoms with Gasteiger partial charge in [-0.1, -0.05) is 6.07 Å². The standard InChI is InChI=1S/C10H11NOS2/c1-7-8(4-5-12)14-10(11-7)9-3-2-6-13-9/h2-3,6,12H,4-5H2,1H3. The number of aromatic nitrogens is 1. The molecule has 2 nitrogen and oxygen atoms in total. The summed E-state index contributed by atoms with van der Waals surface area (Å²) < 4.78 is 0. The van der Waals surface area contributed by atoms with E-state index in [-0.39, 0.29) is 6.61 Å². The highest BCUT2D eigenvalue weighted by molar-refractivity contribution is 7.21. The molecule has 2 aromatic rings. The van der Waals surface area contributed by atoms with Crippen LogP contribution in [0.5, 0.6) is 0 Å². The van der Waals surface area contributed by atoms with Gasteiger partial charge in [-0.05, 0) is 18.4 Å². The molecule has 14 heavy (non-hydrogen) atoms. The first kappa shape index (κ1) is 9.83. The predicted molar refractivity (Wildman–Crippen MR) is 61.0 cm³/mol. The van der Waals surface area contributed by atoms with Gasteiger partial charge in [0.05, 0.1) is 10.6 Å². The largest absolute Gasteiger partial charge is 0.396 e. The normalized spacial score (nSPS) is 10.7. The molecule has 0 aliphatic heterocycles. The molecule has 2 heterocycles. The summed E-state index contributed by atoms with van der Waals surface area (Å²) in [6, 6.07) is 4.11. The van der Waals surface area contributed by atoms with E-state index in [0.29, 0.717) is 0 Å². The minimum atomic E-state index is 0.201. The summed E-state index contributed by atoms with van der Waals surface area (Å²) in [5.74, 6) is 0. The number of aryl methyl sites for hydroxylation is 1. The van der Waals surface area contributed by atoms with Gasteiger partial charge in [-0.3, -0.25) is 0 Å². The average molecular weight is 225 g/mol. The number of thiophene rings is 1. The van der Waals surface area contributed by atoms with Crippen molar-refractivity contribution in [2.24, 2.45) is 0 Å². The Morgan fingerprint density at radius 3 is 3.00 bits per heavy atom. The molecule has 2 aromatic heterocycles. The van der Waals surface area contributed by atoms with Crippen molar-refractivity contribution in [3.8, 4) is 9.88 Å². The van der Waals surface area contributed by atoms with E-state index >= 15 is 0 Å². The first-order valence-corrected chi connectivity index (χ1v) is 6.12. The smallest absolute Gasteiger partial charge is 0.133 e. The molecule has 0 aliphatic rings. The van der Waals surface area contributed by atoms with Crippen molar-refractivity contribution in [2.75, 3.05) is 6.61 Å². The third-order valence-electron chi connectivity index (χ3n) is 1.96. The highest BCUT2D eigenvalue weighted by Crippen LogP contribution is 2.31. The van der Waals surface area contributed by atoms with Crippen LogP contribution in [0.1, 0.15) is 10.6 Å². The average Bonchev–Trinajstić information content (AvgIpc) is 2.76. The van der Waals surface area contributed by atoms with E-state index in [1.807, 2.05) is 13.0 Å². The van der Waals surface area contributed by atoms with Crippen LogP contribution < -0.4 is 0 Å². The molecule has 0 amide bonds. The monoisotopic (exact) mass is 225 g/mol. The summed E-state index contributed by atoms with van der Waals surface area (Å²) in [7, 11) is 0. The number of nitrogens with zero attached hydrogens (tertiary/aromatic N) is 1. The van der Waals surface area contributed by atoms with E-state index < -0.39 is 0 Å². The lowest BCUT2D eigenvalue weighted by molar-refractivity contribution is 0.300. The molecule has 0 atom stereocenters. The van der Waals surface area contributed by atoms with Gasteiger partial charge < -0.3 is 5.11 Å². The first-order valence-electron chi connectivity index (χ1n) is 4.42. The van der Waals surface area contributed by atoms with Crippen LogP contribution in [0.2, 0.25) is 0 Å². The van der Waals surface area contributed by atoms with Gasteiger partial charge in [0.15, 0.2) is 0 Å². The fraction of sp³-hybridized carbons (Fsp3) is 0.300. The van der Waals surface area contributed by atoms with Crippen molar-refractivity contribution < 1.29 is 5.11 Å². The molecule has 2 rings (SSSR count). The van der Waals surface area contributed by atoms with Crippen LogP contribution in [0.4, 0.5) is 0 Å². The van der Waals surface area contributed by atoms with E-state index in [2.05, 4.69) is 16.4 Å². The summed E-state index contributed by atoms with van der Waals surface area (Å²) in [6.45, 7) is 2.20. The van der Waals surface area contributed by atoms with Crippen molar-refractivity contribution in [1.29, 1.82) is 0 Å². The summed E-state index contributed by atoms with van der Waals surface area (Å²) in [4.78, 5) is 6.89. The van der Waals surface area contributed by atoms with Crippen molar-refractivity contribution >= 4 is 22.7 Å². The van der Waals surface area contributed by atoms with Crippen LogP contribution in [0.25, 0.3) is 9.88 Å². The Kier molecular flexibility index (Phi) is 2.96. The number of aliphatic hydroxyl groups excluding tert-OH is 1. The van der Waals surface area contributed by atoms with Gasteiger partial charge in [-0.25, -0.2) is 4.98 Å². The molecular weight excluding hydrogens is 214 g/mol. The summed E-state index contributed by atoms with van der Waals surface area (Å²) in [5, 5.41) is 12.0. The zero-order chi connectivity index (χ0) is 9.97. The van der Waals surface area contributed by atoms with E-state index in [0.717, 1.165) is 17.1 Å². The molecule has 74 valence electrons. The zero-order valence-electron chi connectivity index (χ0n) is 7.86. The Balaban J connectivity index is 2.33. The highest BCUT2D eigenvalue weighted by Gasteiger charge is 2.08. The second-order valence-corrected chi connectivity index (χ2v) is 5.01. The van der Waals surface area contributed by atoms with Crippen LogP contribution in [-0.4, -0.2) is 16.7 Å². The molecule has 0 radical (unpaired) electrons. The number of aliphatic hydroxyl groups is 1. The Labute approximate surface area is 90.9 Å². The van der Waals surface area contributed by atoms with Crippen molar-refractivity contribution in [2.45, 2.75) is 13.3 Å². The topological polar surface area (TPSA) is 33.1 Å². The third kappa shape index (κ3) is 1.87. The molecule has 0 fully saturated rings. The fourth-order valence-corrected chi connectivity index (χ4v) is 3.12. The molecule has 0 unspecified atom stereocenters. The van der Waals surface area contributed by atoms with Crippen LogP contribution in [-0.2, 0) is 6.42 Å². The molecular formula is C10H11NOS2. The van der Waals surface area contributed by atoms with Gasteiger partial charge in [0, 0.05) is 17.9 Å². The van der Waals surface area contributed by atoms with Gasteiger partial charge in [-0.2, -0.15) is 0 Å². The number of thiazole rings is 1. The van der Waals surface area contributed by atoms with E-state index in [4.69, 9.17) is 5.11 Å². The van der Waals surface area contributed by atoms with Gasteiger partial charge in [0.2, 0.25) is 0 Å². The van der Waals surface area contributed by atoms with Crippen LogP contribution >= 0.6 is 22.7 Å². The van der Waals surface area contributed by atoms with E-state index in [9.17, 15) is 0 Å². The zero-order valence-corrected chi connectivity index (χ0v) is 9.49. The minimum Gasteiger partial charge on any atom is -0.396 e. The van der Waals surface area contributed by atoms with Crippen molar-refractivity contribution in [1.82, 2.24) is 4.98 Å². The van der Waals surface area contributed by atoms with Gasteiger partial charge >= 0.3 is 0 Å². The Bertz CT molecular complexity index is 406. The van der Waals surface area contributed by atoms with Gasteiger partial charge in [-0.15, -0.1) is 22.7 Å². The molecule has 0 aliphatic carbocycles. The Morgan fingerprint density at radius 2 is 2.36 bits per heavy atom. The maximum absolute atomic E-state index is 8.87. The summed E-state index contributed by atoms with van der Waals surface area (Å²) >= 11 is 3.38. The lowest BCUT2D eigenvalue weighted by Crippen LogP contribution is -1.88. The maximum atomic E-state index is 8.87. The van der Waals surface area contributed by atoms with Crippen LogP contribution in [0.3, 0.4) is 0 Å². The predicted octanol–water partition coefficient (Wildman–Crippen LogP) is 2.71. The number of hydrogen-bond acceptors (Lipinski definition) is 4. The van der Waals surface area contributed by atoms with Gasteiger partial charge in [0.25, 0.3) is 0 Å². The Hall–Kier alpha value is -0.710. The molecule has 0 aromatic carbocycles. The highest BCUT2D eigenvalue weighted by atomic mass is 32.1. The van der Waals surface area contributed by atoms with Crippen molar-refractivity contribution in [3.63, 3.8) is 0 Å².